The van der Waals surface area contributed by atoms with Crippen LogP contribution in [0.4, 0.5) is 10.1 Å². The van der Waals surface area contributed by atoms with Crippen molar-refractivity contribution in [3.05, 3.63) is 52.8 Å². The summed E-state index contributed by atoms with van der Waals surface area (Å²) in [7, 11) is 2.99. The molecule has 0 spiro atoms. The van der Waals surface area contributed by atoms with Gasteiger partial charge in [0.15, 0.2) is 0 Å². The molecule has 1 aliphatic rings. The first kappa shape index (κ1) is 19.0. The van der Waals surface area contributed by atoms with Crippen LogP contribution in [-0.2, 0) is 13.0 Å². The fourth-order valence-corrected chi connectivity index (χ4v) is 2.81. The highest BCUT2D eigenvalue weighted by Crippen LogP contribution is 2.28. The third-order valence-corrected chi connectivity index (χ3v) is 4.11. The number of rotatable bonds is 4. The highest BCUT2D eigenvalue weighted by Gasteiger charge is 2.19. The van der Waals surface area contributed by atoms with Gasteiger partial charge in [-0.3, -0.25) is 4.79 Å². The molecular weight excluding hydrogens is 347 g/mol. The third kappa shape index (κ3) is 3.86. The predicted molar refractivity (Wildman–Crippen MR) is 96.6 cm³/mol. The molecule has 1 aliphatic heterocycles. The first-order valence-electron chi connectivity index (χ1n) is 7.68. The Morgan fingerprint density at radius 1 is 1.20 bits per heavy atom. The second kappa shape index (κ2) is 8.18. The molecule has 2 aromatic carbocycles. The van der Waals surface area contributed by atoms with Crippen molar-refractivity contribution in [2.45, 2.75) is 13.0 Å². The van der Waals surface area contributed by atoms with E-state index < -0.39 is 5.91 Å². The molecule has 0 saturated heterocycles. The Morgan fingerprint density at radius 3 is 2.72 bits per heavy atom. The van der Waals surface area contributed by atoms with E-state index in [1.807, 2.05) is 6.07 Å². The van der Waals surface area contributed by atoms with E-state index in [0.29, 0.717) is 30.0 Å². The number of fused-ring (bicyclic) bond motifs is 1. The Bertz CT molecular complexity index is 783. The lowest BCUT2D eigenvalue weighted by Crippen LogP contribution is -2.25. The summed E-state index contributed by atoms with van der Waals surface area (Å²) in [6.45, 7) is 1.37. The zero-order valence-corrected chi connectivity index (χ0v) is 14.8. The molecule has 0 radical (unpaired) electrons. The second-order valence-corrected chi connectivity index (χ2v) is 5.51. The molecule has 0 bridgehead atoms. The minimum Gasteiger partial charge on any atom is -0.497 e. The van der Waals surface area contributed by atoms with Gasteiger partial charge in [0.2, 0.25) is 0 Å². The molecule has 2 aromatic rings. The molecule has 1 heterocycles. The van der Waals surface area contributed by atoms with Crippen LogP contribution in [0.15, 0.2) is 30.3 Å². The van der Waals surface area contributed by atoms with E-state index in [2.05, 4.69) is 10.6 Å². The number of nitrogens with one attached hydrogen (secondary N) is 2. The molecule has 0 fully saturated rings. The summed E-state index contributed by atoms with van der Waals surface area (Å²) in [5, 5.41) is 5.83. The summed E-state index contributed by atoms with van der Waals surface area (Å²) in [4.78, 5) is 12.6. The monoisotopic (exact) mass is 366 g/mol. The van der Waals surface area contributed by atoms with Gasteiger partial charge in [-0.15, -0.1) is 12.4 Å². The summed E-state index contributed by atoms with van der Waals surface area (Å²) < 4.78 is 25.0. The van der Waals surface area contributed by atoms with Gasteiger partial charge in [0.05, 0.1) is 25.5 Å². The van der Waals surface area contributed by atoms with Crippen molar-refractivity contribution in [2.24, 2.45) is 0 Å². The fourth-order valence-electron chi connectivity index (χ4n) is 2.81. The molecule has 7 heteroatoms. The number of benzene rings is 2. The normalized spacial score (nSPS) is 12.6. The summed E-state index contributed by atoms with van der Waals surface area (Å²) in [6, 6.07) is 8.33. The summed E-state index contributed by atoms with van der Waals surface area (Å²) in [6.07, 6.45) is 0.605. The quantitative estimate of drug-likeness (QED) is 0.872. The van der Waals surface area contributed by atoms with Crippen molar-refractivity contribution in [1.82, 2.24) is 5.32 Å². The maximum atomic E-state index is 14.7. The SMILES string of the molecule is COc1ccc(OC)c(C(=O)Nc2ccc3c(c2F)CCNC3)c1.Cl. The van der Waals surface area contributed by atoms with Crippen LogP contribution < -0.4 is 20.1 Å². The molecule has 0 saturated carbocycles. The van der Waals surface area contributed by atoms with E-state index in [1.165, 1.54) is 14.2 Å². The van der Waals surface area contributed by atoms with Crippen molar-refractivity contribution < 1.29 is 18.7 Å². The topological polar surface area (TPSA) is 59.6 Å². The van der Waals surface area contributed by atoms with E-state index >= 15 is 0 Å². The summed E-state index contributed by atoms with van der Waals surface area (Å²) in [5.74, 6) is 0.108. The number of halogens is 2. The predicted octanol–water partition coefficient (Wildman–Crippen LogP) is 3.16. The number of ether oxygens (including phenoxy) is 2. The van der Waals surface area contributed by atoms with Gasteiger partial charge in [-0.2, -0.15) is 0 Å². The molecule has 5 nitrogen and oxygen atoms in total. The number of hydrogen-bond donors (Lipinski definition) is 2. The molecule has 25 heavy (non-hydrogen) atoms. The maximum absolute atomic E-state index is 14.7. The molecule has 2 N–H and O–H groups in total. The minimum atomic E-state index is -0.446. The van der Waals surface area contributed by atoms with E-state index in [0.717, 1.165) is 12.1 Å². The number of amides is 1. The summed E-state index contributed by atoms with van der Waals surface area (Å²) in [5.41, 5.74) is 2.04. The smallest absolute Gasteiger partial charge is 0.259 e. The Hall–Kier alpha value is -2.31. The van der Waals surface area contributed by atoms with Crippen molar-refractivity contribution in [3.8, 4) is 11.5 Å². The number of anilines is 1. The van der Waals surface area contributed by atoms with Crippen molar-refractivity contribution in [3.63, 3.8) is 0 Å². The van der Waals surface area contributed by atoms with Crippen LogP contribution in [0.25, 0.3) is 0 Å². The average Bonchev–Trinajstić information content (AvgIpc) is 2.63. The third-order valence-electron chi connectivity index (χ3n) is 4.11. The van der Waals surface area contributed by atoms with Crippen LogP contribution in [0.2, 0.25) is 0 Å². The van der Waals surface area contributed by atoms with Crippen LogP contribution in [0.3, 0.4) is 0 Å². The van der Waals surface area contributed by atoms with Crippen molar-refractivity contribution >= 4 is 24.0 Å². The van der Waals surface area contributed by atoms with Gasteiger partial charge in [-0.1, -0.05) is 6.07 Å². The van der Waals surface area contributed by atoms with Crippen LogP contribution >= 0.6 is 12.4 Å². The van der Waals surface area contributed by atoms with Gasteiger partial charge in [-0.25, -0.2) is 4.39 Å². The lowest BCUT2D eigenvalue weighted by atomic mass is 9.99. The second-order valence-electron chi connectivity index (χ2n) is 5.51. The van der Waals surface area contributed by atoms with Gasteiger partial charge >= 0.3 is 0 Å². The van der Waals surface area contributed by atoms with Gasteiger partial charge in [-0.05, 0) is 48.4 Å². The molecule has 0 unspecified atom stereocenters. The number of methoxy groups -OCH3 is 2. The van der Waals surface area contributed by atoms with Gasteiger partial charge in [0, 0.05) is 6.54 Å². The average molecular weight is 367 g/mol. The first-order chi connectivity index (χ1) is 11.6. The van der Waals surface area contributed by atoms with E-state index in [-0.39, 0.29) is 29.5 Å². The maximum Gasteiger partial charge on any atom is 0.259 e. The van der Waals surface area contributed by atoms with E-state index in [1.54, 1.807) is 24.3 Å². The number of hydrogen-bond acceptors (Lipinski definition) is 4. The number of carbonyl (C=O) groups excluding carboxylic acids is 1. The Kier molecular flexibility index (Phi) is 6.22. The Balaban J connectivity index is 0.00000225. The van der Waals surface area contributed by atoms with Gasteiger partial charge in [0.25, 0.3) is 5.91 Å². The van der Waals surface area contributed by atoms with Crippen LogP contribution in [0.5, 0.6) is 11.5 Å². The van der Waals surface area contributed by atoms with Gasteiger partial charge in [0.1, 0.15) is 17.3 Å². The first-order valence-corrected chi connectivity index (χ1v) is 7.68. The summed E-state index contributed by atoms with van der Waals surface area (Å²) >= 11 is 0. The van der Waals surface area contributed by atoms with Gasteiger partial charge < -0.3 is 20.1 Å². The largest absolute Gasteiger partial charge is 0.497 e. The lowest BCUT2D eigenvalue weighted by molar-refractivity contribution is 0.102. The minimum absolute atomic E-state index is 0. The molecule has 0 aliphatic carbocycles. The highest BCUT2D eigenvalue weighted by molar-refractivity contribution is 6.06. The lowest BCUT2D eigenvalue weighted by Gasteiger charge is -2.19. The zero-order valence-electron chi connectivity index (χ0n) is 14.0. The number of carbonyl (C=O) groups is 1. The molecule has 1 amide bonds. The fraction of sp³-hybridized carbons (Fsp3) is 0.278. The highest BCUT2D eigenvalue weighted by atomic mass is 35.5. The molecular formula is C18H20ClFN2O3. The molecule has 0 aromatic heterocycles. The zero-order chi connectivity index (χ0) is 17.1. The van der Waals surface area contributed by atoms with E-state index in [9.17, 15) is 9.18 Å². The molecule has 0 atom stereocenters. The Morgan fingerprint density at radius 2 is 2.00 bits per heavy atom. The van der Waals surface area contributed by atoms with E-state index in [4.69, 9.17) is 9.47 Å². The van der Waals surface area contributed by atoms with Crippen molar-refractivity contribution in [2.75, 3.05) is 26.1 Å². The van der Waals surface area contributed by atoms with Crippen LogP contribution in [0.1, 0.15) is 21.5 Å². The van der Waals surface area contributed by atoms with Crippen LogP contribution in [0, 0.1) is 5.82 Å². The Labute approximate surface area is 151 Å². The van der Waals surface area contributed by atoms with Crippen LogP contribution in [-0.4, -0.2) is 26.7 Å². The standard InChI is InChI=1S/C18H19FN2O3.ClH/c1-23-12-4-6-16(24-2)14(9-12)18(22)21-15-5-3-11-10-20-8-7-13(11)17(15)19;/h3-6,9,20H,7-8,10H2,1-2H3,(H,21,22);1H. The molecule has 134 valence electrons. The molecule has 3 rings (SSSR count). The van der Waals surface area contributed by atoms with Crippen molar-refractivity contribution in [1.29, 1.82) is 0 Å².